The number of rotatable bonds is 10. The lowest BCUT2D eigenvalue weighted by atomic mass is 10.2. The van der Waals surface area contributed by atoms with Crippen LogP contribution in [0.1, 0.15) is 49.5 Å². The standard InChI is InChI=1S/C20H28N4O2S/c1-27-20-23-22-18(24(20)17-10-5-6-11-17)12-7-13-21-19(25)15-26-14-16-8-3-2-4-9-16/h2-4,8-9,17H,5-7,10-15H2,1H3,(H,21,25). The highest BCUT2D eigenvalue weighted by Crippen LogP contribution is 2.33. The molecule has 1 amide bonds. The number of ether oxygens (including phenoxy) is 1. The quantitative estimate of drug-likeness (QED) is 0.499. The molecule has 1 heterocycles. The third-order valence-electron chi connectivity index (χ3n) is 4.85. The second kappa shape index (κ2) is 10.5. The monoisotopic (exact) mass is 388 g/mol. The van der Waals surface area contributed by atoms with Gasteiger partial charge < -0.3 is 14.6 Å². The van der Waals surface area contributed by atoms with E-state index >= 15 is 0 Å². The van der Waals surface area contributed by atoms with Crippen molar-refractivity contribution in [1.29, 1.82) is 0 Å². The van der Waals surface area contributed by atoms with E-state index in [2.05, 4.69) is 26.3 Å². The highest BCUT2D eigenvalue weighted by atomic mass is 32.2. The third kappa shape index (κ3) is 5.81. The molecule has 1 saturated carbocycles. The van der Waals surface area contributed by atoms with Crippen LogP contribution in [-0.4, -0.2) is 40.1 Å². The Morgan fingerprint density at radius 3 is 2.78 bits per heavy atom. The highest BCUT2D eigenvalue weighted by Gasteiger charge is 2.23. The Morgan fingerprint density at radius 2 is 2.04 bits per heavy atom. The molecule has 7 heteroatoms. The van der Waals surface area contributed by atoms with E-state index in [1.54, 1.807) is 11.8 Å². The molecule has 3 rings (SSSR count). The number of hydrogen-bond donors (Lipinski definition) is 1. The zero-order chi connectivity index (χ0) is 18.9. The van der Waals surface area contributed by atoms with Crippen LogP contribution in [0.15, 0.2) is 35.5 Å². The van der Waals surface area contributed by atoms with Gasteiger partial charge in [-0.2, -0.15) is 0 Å². The summed E-state index contributed by atoms with van der Waals surface area (Å²) in [5.74, 6) is 0.967. The average molecular weight is 389 g/mol. The predicted octanol–water partition coefficient (Wildman–Crippen LogP) is 3.38. The Morgan fingerprint density at radius 1 is 1.26 bits per heavy atom. The first kappa shape index (κ1) is 19.9. The summed E-state index contributed by atoms with van der Waals surface area (Å²) < 4.78 is 7.78. The van der Waals surface area contributed by atoms with Gasteiger partial charge in [0.05, 0.1) is 6.61 Å². The number of carbonyl (C=O) groups is 1. The second-order valence-corrected chi connectivity index (χ2v) is 7.62. The van der Waals surface area contributed by atoms with Crippen molar-refractivity contribution in [3.8, 4) is 0 Å². The summed E-state index contributed by atoms with van der Waals surface area (Å²) in [6.07, 6.45) is 8.74. The van der Waals surface area contributed by atoms with E-state index in [0.717, 1.165) is 29.4 Å². The Labute approximate surface area is 165 Å². The topological polar surface area (TPSA) is 69.0 Å². The van der Waals surface area contributed by atoms with E-state index in [1.807, 2.05) is 30.3 Å². The Balaban J connectivity index is 1.37. The number of hydrogen-bond acceptors (Lipinski definition) is 5. The van der Waals surface area contributed by atoms with E-state index < -0.39 is 0 Å². The van der Waals surface area contributed by atoms with Crippen molar-refractivity contribution in [3.63, 3.8) is 0 Å². The van der Waals surface area contributed by atoms with Gasteiger partial charge >= 0.3 is 0 Å². The van der Waals surface area contributed by atoms with E-state index in [-0.39, 0.29) is 12.5 Å². The molecular weight excluding hydrogens is 360 g/mol. The SMILES string of the molecule is CSc1nnc(CCCNC(=O)COCc2ccccc2)n1C1CCCC1. The van der Waals surface area contributed by atoms with Crippen molar-refractivity contribution in [2.45, 2.75) is 56.3 Å². The molecule has 0 unspecified atom stereocenters. The van der Waals surface area contributed by atoms with Gasteiger partial charge in [0, 0.05) is 19.0 Å². The summed E-state index contributed by atoms with van der Waals surface area (Å²) in [4.78, 5) is 11.9. The number of benzene rings is 1. The average Bonchev–Trinajstić information content (AvgIpc) is 3.35. The van der Waals surface area contributed by atoms with Gasteiger partial charge in [0.15, 0.2) is 5.16 Å². The van der Waals surface area contributed by atoms with Crippen LogP contribution in [0.2, 0.25) is 0 Å². The largest absolute Gasteiger partial charge is 0.367 e. The maximum absolute atomic E-state index is 11.9. The number of thioether (sulfide) groups is 1. The zero-order valence-corrected chi connectivity index (χ0v) is 16.7. The molecule has 0 bridgehead atoms. The Bertz CT molecular complexity index is 714. The number of carbonyl (C=O) groups excluding carboxylic acids is 1. The van der Waals surface area contributed by atoms with Crippen LogP contribution in [0, 0.1) is 0 Å². The van der Waals surface area contributed by atoms with Crippen molar-refractivity contribution in [2.75, 3.05) is 19.4 Å². The molecule has 0 spiro atoms. The van der Waals surface area contributed by atoms with Crippen molar-refractivity contribution < 1.29 is 9.53 Å². The number of nitrogens with one attached hydrogen (secondary N) is 1. The van der Waals surface area contributed by atoms with Gasteiger partial charge in [-0.3, -0.25) is 4.79 Å². The maximum atomic E-state index is 11.9. The van der Waals surface area contributed by atoms with Crippen LogP contribution in [-0.2, 0) is 22.6 Å². The molecule has 1 aliphatic rings. The molecule has 0 aliphatic heterocycles. The molecule has 6 nitrogen and oxygen atoms in total. The first-order valence-corrected chi connectivity index (χ1v) is 10.9. The minimum atomic E-state index is -0.0759. The summed E-state index contributed by atoms with van der Waals surface area (Å²) in [6.45, 7) is 1.17. The van der Waals surface area contributed by atoms with Crippen LogP contribution in [0.5, 0.6) is 0 Å². The summed E-state index contributed by atoms with van der Waals surface area (Å²) in [5.41, 5.74) is 1.07. The van der Waals surface area contributed by atoms with E-state index in [9.17, 15) is 4.79 Å². The summed E-state index contributed by atoms with van der Waals surface area (Å²) in [6, 6.07) is 10.4. The van der Waals surface area contributed by atoms with Gasteiger partial charge in [-0.05, 0) is 31.1 Å². The smallest absolute Gasteiger partial charge is 0.246 e. The molecule has 1 N–H and O–H groups in total. The zero-order valence-electron chi connectivity index (χ0n) is 15.9. The molecule has 1 aliphatic carbocycles. The van der Waals surface area contributed by atoms with Crippen LogP contribution >= 0.6 is 11.8 Å². The first-order valence-electron chi connectivity index (χ1n) is 9.64. The van der Waals surface area contributed by atoms with Gasteiger partial charge in [-0.1, -0.05) is 54.9 Å². The van der Waals surface area contributed by atoms with Crippen molar-refractivity contribution in [3.05, 3.63) is 41.7 Å². The lowest BCUT2D eigenvalue weighted by molar-refractivity contribution is -0.126. The molecule has 146 valence electrons. The van der Waals surface area contributed by atoms with E-state index in [0.29, 0.717) is 19.2 Å². The molecule has 1 aromatic carbocycles. The maximum Gasteiger partial charge on any atom is 0.246 e. The van der Waals surface area contributed by atoms with Crippen molar-refractivity contribution in [1.82, 2.24) is 20.1 Å². The lowest BCUT2D eigenvalue weighted by Crippen LogP contribution is -2.28. The van der Waals surface area contributed by atoms with Crippen LogP contribution in [0.3, 0.4) is 0 Å². The summed E-state index contributed by atoms with van der Waals surface area (Å²) in [5, 5.41) is 12.6. The molecule has 0 radical (unpaired) electrons. The van der Waals surface area contributed by atoms with E-state index in [1.165, 1.54) is 25.7 Å². The number of aromatic nitrogens is 3. The van der Waals surface area contributed by atoms with Gasteiger partial charge in [0.1, 0.15) is 12.4 Å². The minimum Gasteiger partial charge on any atom is -0.367 e. The highest BCUT2D eigenvalue weighted by molar-refractivity contribution is 7.98. The lowest BCUT2D eigenvalue weighted by Gasteiger charge is -2.16. The van der Waals surface area contributed by atoms with Gasteiger partial charge in [0.2, 0.25) is 5.91 Å². The van der Waals surface area contributed by atoms with Crippen LogP contribution in [0.4, 0.5) is 0 Å². The number of nitrogens with zero attached hydrogens (tertiary/aromatic N) is 3. The fraction of sp³-hybridized carbons (Fsp3) is 0.550. The van der Waals surface area contributed by atoms with E-state index in [4.69, 9.17) is 4.74 Å². The molecule has 1 aromatic heterocycles. The molecule has 1 fully saturated rings. The number of aryl methyl sites for hydroxylation is 1. The number of amides is 1. The van der Waals surface area contributed by atoms with Crippen molar-refractivity contribution >= 4 is 17.7 Å². The summed E-state index contributed by atoms with van der Waals surface area (Å²) >= 11 is 1.66. The third-order valence-corrected chi connectivity index (χ3v) is 5.50. The van der Waals surface area contributed by atoms with Crippen molar-refractivity contribution in [2.24, 2.45) is 0 Å². The summed E-state index contributed by atoms with van der Waals surface area (Å²) in [7, 11) is 0. The minimum absolute atomic E-state index is 0.0759. The fourth-order valence-electron chi connectivity index (χ4n) is 3.51. The van der Waals surface area contributed by atoms with Gasteiger partial charge in [-0.15, -0.1) is 10.2 Å². The fourth-order valence-corrected chi connectivity index (χ4v) is 4.08. The molecule has 0 saturated heterocycles. The second-order valence-electron chi connectivity index (χ2n) is 6.84. The van der Waals surface area contributed by atoms with Gasteiger partial charge in [0.25, 0.3) is 0 Å². The van der Waals surface area contributed by atoms with Crippen LogP contribution in [0.25, 0.3) is 0 Å². The van der Waals surface area contributed by atoms with Crippen LogP contribution < -0.4 is 5.32 Å². The predicted molar refractivity (Wildman–Crippen MR) is 107 cm³/mol. The first-order chi connectivity index (χ1) is 13.3. The molecule has 0 atom stereocenters. The molecular formula is C20H28N4O2S. The normalized spacial score (nSPS) is 14.6. The molecule has 27 heavy (non-hydrogen) atoms. The Kier molecular flexibility index (Phi) is 7.71. The van der Waals surface area contributed by atoms with Gasteiger partial charge in [-0.25, -0.2) is 0 Å². The Hall–Kier alpha value is -1.86. The molecule has 2 aromatic rings.